The number of hydrogen-bond acceptors (Lipinski definition) is 7. The second-order valence-corrected chi connectivity index (χ2v) is 6.54. The first-order valence-corrected chi connectivity index (χ1v) is 8.99. The van der Waals surface area contributed by atoms with E-state index in [1.807, 2.05) is 22.8 Å². The molecule has 0 radical (unpaired) electrons. The van der Waals surface area contributed by atoms with Crippen LogP contribution >= 0.6 is 15.9 Å². The van der Waals surface area contributed by atoms with Gasteiger partial charge >= 0.3 is 0 Å². The number of rotatable bonds is 5. The maximum absolute atomic E-state index is 5.76. The van der Waals surface area contributed by atoms with Gasteiger partial charge in [0, 0.05) is 18.4 Å². The van der Waals surface area contributed by atoms with Crippen molar-refractivity contribution in [1.29, 1.82) is 0 Å². The average molecular weight is 420 g/mol. The molecule has 0 amide bonds. The number of halogens is 1. The third-order valence-electron chi connectivity index (χ3n) is 4.26. The molecular weight excluding hydrogens is 402 g/mol. The van der Waals surface area contributed by atoms with Gasteiger partial charge in [0.2, 0.25) is 4.73 Å². The lowest BCUT2D eigenvalue weighted by molar-refractivity contribution is 0.0592. The first kappa shape index (κ1) is 17.0. The van der Waals surface area contributed by atoms with Crippen LogP contribution in [0.15, 0.2) is 29.3 Å². The first-order chi connectivity index (χ1) is 12.7. The van der Waals surface area contributed by atoms with E-state index in [2.05, 4.69) is 36.2 Å². The maximum Gasteiger partial charge on any atom is 0.200 e. The fraction of sp³-hybridized carbons (Fsp3) is 0.353. The molecule has 1 atom stereocenters. The van der Waals surface area contributed by atoms with Crippen LogP contribution in [0.1, 0.15) is 19.1 Å². The van der Waals surface area contributed by atoms with Crippen LogP contribution in [0, 0.1) is 0 Å². The molecule has 1 fully saturated rings. The first-order valence-electron chi connectivity index (χ1n) is 8.20. The molecule has 2 aromatic heterocycles. The summed E-state index contributed by atoms with van der Waals surface area (Å²) < 4.78 is 18.8. The summed E-state index contributed by atoms with van der Waals surface area (Å²) in [5.74, 6) is 1.90. The van der Waals surface area contributed by atoms with Crippen molar-refractivity contribution in [2.24, 2.45) is 0 Å². The molecular formula is C17H18BrN5O3. The molecule has 1 saturated heterocycles. The lowest BCUT2D eigenvalue weighted by Crippen LogP contribution is -2.07. The van der Waals surface area contributed by atoms with Crippen molar-refractivity contribution in [2.75, 3.05) is 26.1 Å². The van der Waals surface area contributed by atoms with E-state index >= 15 is 0 Å². The molecule has 136 valence electrons. The number of fused-ring (bicyclic) bond motifs is 1. The van der Waals surface area contributed by atoms with Gasteiger partial charge in [-0.2, -0.15) is 0 Å². The van der Waals surface area contributed by atoms with Crippen molar-refractivity contribution in [3.05, 3.63) is 29.3 Å². The van der Waals surface area contributed by atoms with E-state index < -0.39 is 0 Å². The second kappa shape index (κ2) is 7.08. The van der Waals surface area contributed by atoms with Crippen molar-refractivity contribution in [1.82, 2.24) is 19.5 Å². The number of hydrogen-bond donors (Lipinski definition) is 1. The molecule has 3 heterocycles. The number of anilines is 2. The topological polar surface area (TPSA) is 83.3 Å². The Hall–Kier alpha value is -2.39. The molecule has 1 aromatic carbocycles. The summed E-state index contributed by atoms with van der Waals surface area (Å²) in [6.45, 7) is 0.757. The number of nitrogens with one attached hydrogen (secondary N) is 1. The predicted molar refractivity (Wildman–Crippen MR) is 100 cm³/mol. The second-order valence-electron chi connectivity index (χ2n) is 5.83. The van der Waals surface area contributed by atoms with Gasteiger partial charge < -0.3 is 19.5 Å². The summed E-state index contributed by atoms with van der Waals surface area (Å²) in [6.07, 6.45) is 3.70. The smallest absolute Gasteiger partial charge is 0.200 e. The Morgan fingerprint density at radius 1 is 1.23 bits per heavy atom. The van der Waals surface area contributed by atoms with Crippen molar-refractivity contribution in [3.63, 3.8) is 0 Å². The summed E-state index contributed by atoms with van der Waals surface area (Å²) in [5.41, 5.74) is 2.21. The number of methoxy groups -OCH3 is 2. The summed E-state index contributed by atoms with van der Waals surface area (Å²) in [6, 6.07) is 5.57. The van der Waals surface area contributed by atoms with Crippen LogP contribution in [0.5, 0.6) is 11.5 Å². The molecule has 8 nitrogen and oxygen atoms in total. The summed E-state index contributed by atoms with van der Waals surface area (Å²) in [5, 5.41) is 3.28. The summed E-state index contributed by atoms with van der Waals surface area (Å²) in [7, 11) is 3.21. The third kappa shape index (κ3) is 3.08. The van der Waals surface area contributed by atoms with Gasteiger partial charge in [-0.3, -0.25) is 4.57 Å². The minimum absolute atomic E-state index is 0.0317. The number of nitrogens with zero attached hydrogens (tertiary/aromatic N) is 4. The minimum atomic E-state index is -0.0317. The highest BCUT2D eigenvalue weighted by atomic mass is 79.9. The molecule has 4 rings (SSSR count). The predicted octanol–water partition coefficient (Wildman–Crippen LogP) is 3.66. The maximum atomic E-state index is 5.76. The van der Waals surface area contributed by atoms with Crippen LogP contribution in [0.3, 0.4) is 0 Å². The Morgan fingerprint density at radius 3 is 2.81 bits per heavy atom. The van der Waals surface area contributed by atoms with Gasteiger partial charge in [-0.15, -0.1) is 0 Å². The highest BCUT2D eigenvalue weighted by Gasteiger charge is 2.22. The van der Waals surface area contributed by atoms with Crippen LogP contribution in [-0.4, -0.2) is 40.3 Å². The highest BCUT2D eigenvalue weighted by molar-refractivity contribution is 9.10. The molecule has 0 spiro atoms. The molecule has 26 heavy (non-hydrogen) atoms. The van der Waals surface area contributed by atoms with Gasteiger partial charge in [0.15, 0.2) is 28.5 Å². The molecule has 9 heteroatoms. The molecule has 3 aromatic rings. The fourth-order valence-corrected chi connectivity index (χ4v) is 3.36. The van der Waals surface area contributed by atoms with Crippen molar-refractivity contribution in [3.8, 4) is 11.5 Å². The van der Waals surface area contributed by atoms with Crippen LogP contribution in [-0.2, 0) is 4.74 Å². The lowest BCUT2D eigenvalue weighted by atomic mass is 10.2. The molecule has 0 aliphatic carbocycles. The van der Waals surface area contributed by atoms with Gasteiger partial charge in [-0.25, -0.2) is 15.0 Å². The quantitative estimate of drug-likeness (QED) is 0.631. The van der Waals surface area contributed by atoms with E-state index in [0.29, 0.717) is 27.6 Å². The fourth-order valence-electron chi connectivity index (χ4n) is 3.02. The van der Waals surface area contributed by atoms with E-state index in [-0.39, 0.29) is 6.23 Å². The molecule has 0 saturated carbocycles. The molecule has 1 aliphatic rings. The van der Waals surface area contributed by atoms with Gasteiger partial charge in [-0.1, -0.05) is 0 Å². The third-order valence-corrected chi connectivity index (χ3v) is 4.61. The zero-order chi connectivity index (χ0) is 18.1. The average Bonchev–Trinajstić information content (AvgIpc) is 3.30. The van der Waals surface area contributed by atoms with Gasteiger partial charge in [0.1, 0.15) is 6.23 Å². The van der Waals surface area contributed by atoms with Crippen LogP contribution in [0.25, 0.3) is 11.2 Å². The molecule has 1 aliphatic heterocycles. The SMILES string of the molecule is COc1ccc(Nc2nc(Br)nc3c2ncn3C2CCCO2)cc1OC. The Labute approximate surface area is 158 Å². The number of aromatic nitrogens is 4. The standard InChI is InChI=1S/C17H18BrN5O3/c1-24-11-6-5-10(8-12(11)25-2)20-15-14-16(22-17(18)21-15)23(9-19-14)13-4-3-7-26-13/h5-6,8-9,13H,3-4,7H2,1-2H3,(H,20,21,22). The summed E-state index contributed by atoms with van der Waals surface area (Å²) in [4.78, 5) is 13.4. The highest BCUT2D eigenvalue weighted by Crippen LogP contribution is 2.33. The molecule has 1 N–H and O–H groups in total. The van der Waals surface area contributed by atoms with E-state index in [9.17, 15) is 0 Å². The van der Waals surface area contributed by atoms with Gasteiger partial charge in [0.25, 0.3) is 0 Å². The monoisotopic (exact) mass is 419 g/mol. The normalized spacial score (nSPS) is 16.8. The van der Waals surface area contributed by atoms with Gasteiger partial charge in [0.05, 0.1) is 20.5 Å². The molecule has 0 bridgehead atoms. The van der Waals surface area contributed by atoms with Crippen molar-refractivity contribution < 1.29 is 14.2 Å². The van der Waals surface area contributed by atoms with Gasteiger partial charge in [-0.05, 0) is 40.9 Å². The minimum Gasteiger partial charge on any atom is -0.493 e. The van der Waals surface area contributed by atoms with Crippen LogP contribution in [0.4, 0.5) is 11.5 Å². The Kier molecular flexibility index (Phi) is 4.64. The Bertz CT molecular complexity index is 940. The van der Waals surface area contributed by atoms with E-state index in [1.165, 1.54) is 0 Å². The largest absolute Gasteiger partial charge is 0.493 e. The Morgan fingerprint density at radius 2 is 2.08 bits per heavy atom. The van der Waals surface area contributed by atoms with E-state index in [4.69, 9.17) is 14.2 Å². The van der Waals surface area contributed by atoms with Crippen LogP contribution < -0.4 is 14.8 Å². The van der Waals surface area contributed by atoms with E-state index in [0.717, 1.165) is 30.8 Å². The summed E-state index contributed by atoms with van der Waals surface area (Å²) >= 11 is 3.39. The van der Waals surface area contributed by atoms with Crippen molar-refractivity contribution in [2.45, 2.75) is 19.1 Å². The van der Waals surface area contributed by atoms with Crippen molar-refractivity contribution >= 4 is 38.6 Å². The number of ether oxygens (including phenoxy) is 3. The number of imidazole rings is 1. The Balaban J connectivity index is 1.72. The zero-order valence-electron chi connectivity index (χ0n) is 14.4. The number of benzene rings is 1. The molecule has 1 unspecified atom stereocenters. The van der Waals surface area contributed by atoms with Crippen LogP contribution in [0.2, 0.25) is 0 Å². The lowest BCUT2D eigenvalue weighted by Gasteiger charge is -2.13. The zero-order valence-corrected chi connectivity index (χ0v) is 16.0. The van der Waals surface area contributed by atoms with E-state index in [1.54, 1.807) is 20.5 Å².